The van der Waals surface area contributed by atoms with Crippen LogP contribution in [0.5, 0.6) is 11.5 Å². The Balaban J connectivity index is 2.99. The molecule has 0 unspecified atom stereocenters. The summed E-state index contributed by atoms with van der Waals surface area (Å²) in [4.78, 5) is 0. The van der Waals surface area contributed by atoms with Gasteiger partial charge in [0.25, 0.3) is 0 Å². The first kappa shape index (κ1) is 11.4. The van der Waals surface area contributed by atoms with Crippen molar-refractivity contribution in [1.82, 2.24) is 0 Å². The molecule has 0 aliphatic heterocycles. The second kappa shape index (κ2) is 5.92. The molecule has 0 heterocycles. The van der Waals surface area contributed by atoms with E-state index in [0.717, 1.165) is 6.42 Å². The lowest BCUT2D eigenvalue weighted by atomic mass is 10.2. The third kappa shape index (κ3) is 2.88. The second-order valence-electron chi connectivity index (χ2n) is 3.03. The van der Waals surface area contributed by atoms with Crippen LogP contribution < -0.4 is 9.47 Å². The molecule has 0 aromatic heterocycles. The molecule has 1 aromatic rings. The molecule has 0 N–H and O–H groups in total. The SMILES string of the molecule is CCCOc1c(C#N)cccc1OCC. The highest BCUT2D eigenvalue weighted by atomic mass is 16.5. The third-order valence-electron chi connectivity index (χ3n) is 1.85. The summed E-state index contributed by atoms with van der Waals surface area (Å²) in [6, 6.07) is 7.44. The fourth-order valence-corrected chi connectivity index (χ4v) is 1.23. The fourth-order valence-electron chi connectivity index (χ4n) is 1.23. The number of rotatable bonds is 5. The van der Waals surface area contributed by atoms with Gasteiger partial charge in [-0.1, -0.05) is 13.0 Å². The number of nitriles is 1. The number of para-hydroxylation sites is 1. The zero-order chi connectivity index (χ0) is 11.1. The number of ether oxygens (including phenoxy) is 2. The molecule has 3 heteroatoms. The van der Waals surface area contributed by atoms with Crippen LogP contribution in [-0.2, 0) is 0 Å². The van der Waals surface area contributed by atoms with Gasteiger partial charge in [0.15, 0.2) is 11.5 Å². The van der Waals surface area contributed by atoms with E-state index in [4.69, 9.17) is 14.7 Å². The molecule has 0 bridgehead atoms. The van der Waals surface area contributed by atoms with E-state index in [9.17, 15) is 0 Å². The maximum atomic E-state index is 8.92. The summed E-state index contributed by atoms with van der Waals surface area (Å²) < 4.78 is 10.9. The van der Waals surface area contributed by atoms with Crippen molar-refractivity contribution in [3.63, 3.8) is 0 Å². The molecule has 1 aromatic carbocycles. The molecule has 0 aliphatic rings. The zero-order valence-corrected chi connectivity index (χ0v) is 9.12. The number of hydrogen-bond acceptors (Lipinski definition) is 3. The minimum atomic E-state index is 0.523. The molecule has 3 nitrogen and oxygen atoms in total. The van der Waals surface area contributed by atoms with Crippen LogP contribution in [-0.4, -0.2) is 13.2 Å². The van der Waals surface area contributed by atoms with Crippen molar-refractivity contribution in [1.29, 1.82) is 5.26 Å². The van der Waals surface area contributed by atoms with Gasteiger partial charge >= 0.3 is 0 Å². The van der Waals surface area contributed by atoms with Gasteiger partial charge in [0.05, 0.1) is 18.8 Å². The maximum Gasteiger partial charge on any atom is 0.178 e. The first-order valence-electron chi connectivity index (χ1n) is 5.12. The Morgan fingerprint density at radius 1 is 1.27 bits per heavy atom. The zero-order valence-electron chi connectivity index (χ0n) is 9.12. The quantitative estimate of drug-likeness (QED) is 0.742. The predicted molar refractivity (Wildman–Crippen MR) is 58.1 cm³/mol. The van der Waals surface area contributed by atoms with Crippen LogP contribution in [0, 0.1) is 11.3 Å². The third-order valence-corrected chi connectivity index (χ3v) is 1.85. The summed E-state index contributed by atoms with van der Waals surface area (Å²) in [6.45, 7) is 5.09. The molecule has 80 valence electrons. The molecule has 0 saturated heterocycles. The smallest absolute Gasteiger partial charge is 0.178 e. The van der Waals surface area contributed by atoms with Crippen LogP contribution in [0.1, 0.15) is 25.8 Å². The van der Waals surface area contributed by atoms with Crippen molar-refractivity contribution < 1.29 is 9.47 Å². The molecule has 15 heavy (non-hydrogen) atoms. The highest BCUT2D eigenvalue weighted by molar-refractivity contribution is 5.52. The van der Waals surface area contributed by atoms with Crippen molar-refractivity contribution in [3.8, 4) is 17.6 Å². The van der Waals surface area contributed by atoms with Crippen LogP contribution in [0.2, 0.25) is 0 Å². The van der Waals surface area contributed by atoms with E-state index in [1.54, 1.807) is 12.1 Å². The number of hydrogen-bond donors (Lipinski definition) is 0. The molecule has 0 aliphatic carbocycles. The molecular formula is C12H15NO2. The van der Waals surface area contributed by atoms with Gasteiger partial charge in [-0.2, -0.15) is 5.26 Å². The van der Waals surface area contributed by atoms with Gasteiger partial charge in [-0.05, 0) is 25.5 Å². The van der Waals surface area contributed by atoms with Crippen LogP contribution in [0.3, 0.4) is 0 Å². The molecule has 1 rings (SSSR count). The number of benzene rings is 1. The molecule has 0 fully saturated rings. The van der Waals surface area contributed by atoms with Gasteiger partial charge in [-0.15, -0.1) is 0 Å². The second-order valence-corrected chi connectivity index (χ2v) is 3.03. The Kier molecular flexibility index (Phi) is 4.49. The summed E-state index contributed by atoms with van der Waals surface area (Å²) in [5, 5.41) is 8.92. The largest absolute Gasteiger partial charge is 0.490 e. The first-order valence-corrected chi connectivity index (χ1v) is 5.12. The Bertz CT molecular complexity index is 355. The fraction of sp³-hybridized carbons (Fsp3) is 0.417. The van der Waals surface area contributed by atoms with E-state index >= 15 is 0 Å². The minimum Gasteiger partial charge on any atom is -0.490 e. The van der Waals surface area contributed by atoms with Crippen molar-refractivity contribution in [2.75, 3.05) is 13.2 Å². The monoisotopic (exact) mass is 205 g/mol. The van der Waals surface area contributed by atoms with Gasteiger partial charge < -0.3 is 9.47 Å². The van der Waals surface area contributed by atoms with E-state index in [-0.39, 0.29) is 0 Å². The van der Waals surface area contributed by atoms with Crippen LogP contribution in [0.15, 0.2) is 18.2 Å². The highest BCUT2D eigenvalue weighted by Crippen LogP contribution is 2.30. The van der Waals surface area contributed by atoms with E-state index in [1.165, 1.54) is 0 Å². The van der Waals surface area contributed by atoms with Gasteiger partial charge in [-0.25, -0.2) is 0 Å². The minimum absolute atomic E-state index is 0.523. The summed E-state index contributed by atoms with van der Waals surface area (Å²) in [5.41, 5.74) is 0.523. The van der Waals surface area contributed by atoms with Crippen molar-refractivity contribution in [3.05, 3.63) is 23.8 Å². The van der Waals surface area contributed by atoms with Crippen LogP contribution in [0.25, 0.3) is 0 Å². The molecule has 0 saturated carbocycles. The molecule has 0 atom stereocenters. The normalized spacial score (nSPS) is 9.40. The molecular weight excluding hydrogens is 190 g/mol. The van der Waals surface area contributed by atoms with Crippen molar-refractivity contribution in [2.45, 2.75) is 20.3 Å². The van der Waals surface area contributed by atoms with Crippen molar-refractivity contribution >= 4 is 0 Å². The number of nitrogens with zero attached hydrogens (tertiary/aromatic N) is 1. The summed E-state index contributed by atoms with van der Waals surface area (Å²) in [5.74, 6) is 1.20. The van der Waals surface area contributed by atoms with Gasteiger partial charge in [0.1, 0.15) is 6.07 Å². The highest BCUT2D eigenvalue weighted by Gasteiger charge is 2.09. The van der Waals surface area contributed by atoms with Crippen molar-refractivity contribution in [2.24, 2.45) is 0 Å². The van der Waals surface area contributed by atoms with Gasteiger partial charge in [0.2, 0.25) is 0 Å². The Morgan fingerprint density at radius 2 is 2.07 bits per heavy atom. The predicted octanol–water partition coefficient (Wildman–Crippen LogP) is 2.75. The van der Waals surface area contributed by atoms with Gasteiger partial charge in [-0.3, -0.25) is 0 Å². The Hall–Kier alpha value is -1.69. The summed E-state index contributed by atoms with van der Waals surface area (Å²) in [7, 11) is 0. The molecule has 0 amide bonds. The molecule has 0 radical (unpaired) electrons. The van der Waals surface area contributed by atoms with E-state index in [2.05, 4.69) is 6.07 Å². The van der Waals surface area contributed by atoms with Gasteiger partial charge in [0, 0.05) is 0 Å². The van der Waals surface area contributed by atoms with E-state index < -0.39 is 0 Å². The van der Waals surface area contributed by atoms with E-state index in [1.807, 2.05) is 19.9 Å². The lowest BCUT2D eigenvalue weighted by Gasteiger charge is -2.12. The van der Waals surface area contributed by atoms with Crippen LogP contribution >= 0.6 is 0 Å². The average molecular weight is 205 g/mol. The topological polar surface area (TPSA) is 42.2 Å². The molecule has 0 spiro atoms. The first-order chi connectivity index (χ1) is 7.33. The Morgan fingerprint density at radius 3 is 2.67 bits per heavy atom. The standard InChI is InChI=1S/C12H15NO2/c1-3-8-15-12-10(9-13)6-5-7-11(12)14-4-2/h5-7H,3-4,8H2,1-2H3. The van der Waals surface area contributed by atoms with E-state index in [0.29, 0.717) is 30.3 Å². The lowest BCUT2D eigenvalue weighted by Crippen LogP contribution is -2.01. The summed E-state index contributed by atoms with van der Waals surface area (Å²) in [6.07, 6.45) is 0.908. The summed E-state index contributed by atoms with van der Waals surface area (Å²) >= 11 is 0. The lowest BCUT2D eigenvalue weighted by molar-refractivity contribution is 0.276. The van der Waals surface area contributed by atoms with Crippen LogP contribution in [0.4, 0.5) is 0 Å². The average Bonchev–Trinajstić information content (AvgIpc) is 2.27. The maximum absolute atomic E-state index is 8.92. The Labute approximate surface area is 90.2 Å².